The molecule has 0 bridgehead atoms. The van der Waals surface area contributed by atoms with Crippen molar-refractivity contribution in [3.63, 3.8) is 0 Å². The molecular weight excluding hydrogens is 482 g/mol. The summed E-state index contributed by atoms with van der Waals surface area (Å²) in [4.78, 5) is 0. The van der Waals surface area contributed by atoms with Crippen LogP contribution in [-0.2, 0) is 5.41 Å². The van der Waals surface area contributed by atoms with Crippen LogP contribution in [0.4, 0.5) is 0 Å². The summed E-state index contributed by atoms with van der Waals surface area (Å²) < 4.78 is 2.52. The molecule has 0 N–H and O–H groups in total. The summed E-state index contributed by atoms with van der Waals surface area (Å²) >= 11 is 0. The van der Waals surface area contributed by atoms with Crippen LogP contribution in [0.1, 0.15) is 22.3 Å². The minimum absolute atomic E-state index is 0.363. The fourth-order valence-corrected chi connectivity index (χ4v) is 8.16. The van der Waals surface area contributed by atoms with E-state index >= 15 is 0 Å². The van der Waals surface area contributed by atoms with Gasteiger partial charge in [0, 0.05) is 16.2 Å². The van der Waals surface area contributed by atoms with Gasteiger partial charge < -0.3 is 4.57 Å². The van der Waals surface area contributed by atoms with Crippen LogP contribution in [-0.4, -0.2) is 4.57 Å². The molecule has 0 saturated heterocycles. The molecule has 1 heterocycles. The highest BCUT2D eigenvalue weighted by Crippen LogP contribution is 2.63. The lowest BCUT2D eigenvalue weighted by molar-refractivity contribution is 0.782. The van der Waals surface area contributed by atoms with Gasteiger partial charge >= 0.3 is 0 Å². The number of rotatable bonds is 2. The molecule has 1 aromatic heterocycles. The van der Waals surface area contributed by atoms with Gasteiger partial charge in [-0.05, 0) is 67.7 Å². The molecular formula is C39H23N. The first-order chi connectivity index (χ1) is 19.9. The predicted octanol–water partition coefficient (Wildman–Crippen LogP) is 9.77. The van der Waals surface area contributed by atoms with Crippen LogP contribution < -0.4 is 0 Å². The number of aromatic nitrogens is 1. The second-order valence-electron chi connectivity index (χ2n) is 11.2. The van der Waals surface area contributed by atoms with Crippen molar-refractivity contribution in [2.75, 3.05) is 0 Å². The number of hydrogen-bond acceptors (Lipinski definition) is 0. The summed E-state index contributed by atoms with van der Waals surface area (Å²) in [5, 5.41) is 8.00. The third kappa shape index (κ3) is 2.21. The van der Waals surface area contributed by atoms with Gasteiger partial charge in [-0.2, -0.15) is 0 Å². The van der Waals surface area contributed by atoms with Crippen molar-refractivity contribution in [1.82, 2.24) is 4.57 Å². The molecule has 2 aliphatic rings. The number of hydrogen-bond donors (Lipinski definition) is 0. The highest BCUT2D eigenvalue weighted by molar-refractivity contribution is 6.28. The Labute approximate surface area is 231 Å². The summed E-state index contributed by atoms with van der Waals surface area (Å²) in [6, 6.07) is 52.1. The highest BCUT2D eigenvalue weighted by Gasteiger charge is 2.50. The van der Waals surface area contributed by atoms with Crippen molar-refractivity contribution < 1.29 is 0 Å². The summed E-state index contributed by atoms with van der Waals surface area (Å²) in [6.07, 6.45) is 0. The van der Waals surface area contributed by atoms with Crippen molar-refractivity contribution in [3.05, 3.63) is 162 Å². The van der Waals surface area contributed by atoms with E-state index in [0.717, 1.165) is 0 Å². The van der Waals surface area contributed by atoms with E-state index in [1.165, 1.54) is 82.4 Å². The summed E-state index contributed by atoms with van der Waals surface area (Å²) in [6.45, 7) is 0. The Balaban J connectivity index is 1.51. The molecule has 0 radical (unpaired) electrons. The van der Waals surface area contributed by atoms with Crippen LogP contribution in [0.5, 0.6) is 0 Å². The molecule has 8 aromatic rings. The van der Waals surface area contributed by atoms with Crippen molar-refractivity contribution in [2.24, 2.45) is 0 Å². The lowest BCUT2D eigenvalue weighted by Crippen LogP contribution is -2.30. The third-order valence-electron chi connectivity index (χ3n) is 9.55. The zero-order chi connectivity index (χ0) is 26.0. The molecule has 7 aromatic carbocycles. The molecule has 2 aliphatic carbocycles. The quantitative estimate of drug-likeness (QED) is 0.220. The van der Waals surface area contributed by atoms with Crippen molar-refractivity contribution in [2.45, 2.75) is 5.41 Å². The zero-order valence-corrected chi connectivity index (χ0v) is 21.7. The second kappa shape index (κ2) is 7.08. The topological polar surface area (TPSA) is 4.93 Å². The van der Waals surface area contributed by atoms with Gasteiger partial charge in [-0.25, -0.2) is 0 Å². The first-order valence-electron chi connectivity index (χ1n) is 14.0. The predicted molar refractivity (Wildman–Crippen MR) is 167 cm³/mol. The van der Waals surface area contributed by atoms with E-state index in [1.807, 2.05) is 0 Å². The standard InChI is InChI=1S/C39H23N/c1-2-13-26(14-3-1)39-30-17-7-6-16-28(30)29-21-23-34-37(38(29)39)36-33(22-20-25-12-8-18-31(39)35(25)36)40(34)32-19-9-11-24-10-4-5-15-27(24)32/h1-23H. The van der Waals surface area contributed by atoms with Crippen LogP contribution in [0.2, 0.25) is 0 Å². The van der Waals surface area contributed by atoms with Gasteiger partial charge in [0.2, 0.25) is 0 Å². The van der Waals surface area contributed by atoms with E-state index in [-0.39, 0.29) is 5.41 Å². The molecule has 0 spiro atoms. The minimum Gasteiger partial charge on any atom is -0.309 e. The van der Waals surface area contributed by atoms with Gasteiger partial charge in [0.1, 0.15) is 0 Å². The van der Waals surface area contributed by atoms with Gasteiger partial charge in [0.25, 0.3) is 0 Å². The van der Waals surface area contributed by atoms with Crippen LogP contribution in [0, 0.1) is 0 Å². The molecule has 1 unspecified atom stereocenters. The van der Waals surface area contributed by atoms with E-state index in [4.69, 9.17) is 0 Å². The molecule has 1 nitrogen and oxygen atoms in total. The Hall–Kier alpha value is -5.14. The molecule has 10 rings (SSSR count). The largest absolute Gasteiger partial charge is 0.309 e. The van der Waals surface area contributed by atoms with Gasteiger partial charge in [0.15, 0.2) is 0 Å². The Kier molecular flexibility index (Phi) is 3.68. The van der Waals surface area contributed by atoms with E-state index in [1.54, 1.807) is 0 Å². The molecule has 0 saturated carbocycles. The average Bonchev–Trinajstić information content (AvgIpc) is 3.52. The molecule has 184 valence electrons. The number of benzene rings is 7. The molecule has 0 aliphatic heterocycles. The maximum Gasteiger partial charge on any atom is 0.0726 e. The van der Waals surface area contributed by atoms with Crippen LogP contribution >= 0.6 is 0 Å². The normalized spacial score (nSPS) is 16.6. The third-order valence-corrected chi connectivity index (χ3v) is 9.55. The lowest BCUT2D eigenvalue weighted by atomic mass is 9.63. The molecule has 1 atom stereocenters. The van der Waals surface area contributed by atoms with E-state index in [0.29, 0.717) is 0 Å². The fraction of sp³-hybridized carbons (Fsp3) is 0.0256. The van der Waals surface area contributed by atoms with Crippen molar-refractivity contribution >= 4 is 43.4 Å². The molecule has 1 heteroatoms. The Bertz CT molecular complexity index is 2370. The smallest absolute Gasteiger partial charge is 0.0726 e. The fourth-order valence-electron chi connectivity index (χ4n) is 8.16. The summed E-state index contributed by atoms with van der Waals surface area (Å²) in [5.41, 5.74) is 11.7. The Morgan fingerprint density at radius 1 is 0.425 bits per heavy atom. The summed E-state index contributed by atoms with van der Waals surface area (Å²) in [7, 11) is 0. The summed E-state index contributed by atoms with van der Waals surface area (Å²) in [5.74, 6) is 0. The van der Waals surface area contributed by atoms with Gasteiger partial charge in [-0.1, -0.05) is 121 Å². The first-order valence-corrected chi connectivity index (χ1v) is 14.0. The molecule has 0 fully saturated rings. The van der Waals surface area contributed by atoms with Crippen LogP contribution in [0.15, 0.2) is 140 Å². The minimum atomic E-state index is -0.363. The highest BCUT2D eigenvalue weighted by atomic mass is 15.0. The Morgan fingerprint density at radius 2 is 1.12 bits per heavy atom. The maximum absolute atomic E-state index is 2.52. The average molecular weight is 506 g/mol. The van der Waals surface area contributed by atoms with Gasteiger partial charge in [-0.15, -0.1) is 0 Å². The van der Waals surface area contributed by atoms with E-state index in [2.05, 4.69) is 144 Å². The van der Waals surface area contributed by atoms with Gasteiger partial charge in [-0.3, -0.25) is 0 Å². The van der Waals surface area contributed by atoms with Crippen molar-refractivity contribution in [3.8, 4) is 16.8 Å². The Morgan fingerprint density at radius 3 is 2.08 bits per heavy atom. The zero-order valence-electron chi connectivity index (χ0n) is 21.7. The SMILES string of the molecule is c1ccc(C23c4ccccc4-c4ccc5c(c42)c2c4c3cccc4ccc2n5-c2cccc3ccccc23)cc1. The molecule has 40 heavy (non-hydrogen) atoms. The number of fused-ring (bicyclic) bond motifs is 5. The van der Waals surface area contributed by atoms with E-state index < -0.39 is 0 Å². The lowest BCUT2D eigenvalue weighted by Gasteiger charge is -2.37. The van der Waals surface area contributed by atoms with Crippen molar-refractivity contribution in [1.29, 1.82) is 0 Å². The van der Waals surface area contributed by atoms with Crippen LogP contribution in [0.3, 0.4) is 0 Å². The van der Waals surface area contributed by atoms with Gasteiger partial charge in [0.05, 0.1) is 22.1 Å². The number of nitrogens with zero attached hydrogens (tertiary/aromatic N) is 1. The maximum atomic E-state index is 2.52. The second-order valence-corrected chi connectivity index (χ2v) is 11.2. The molecule has 0 amide bonds. The first kappa shape index (κ1) is 20.8. The monoisotopic (exact) mass is 505 g/mol. The van der Waals surface area contributed by atoms with E-state index in [9.17, 15) is 0 Å². The van der Waals surface area contributed by atoms with Crippen LogP contribution in [0.25, 0.3) is 60.2 Å².